The smallest absolute Gasteiger partial charge is 0.221 e. The number of aromatic nitrogens is 5. The van der Waals surface area contributed by atoms with E-state index in [0.29, 0.717) is 41.4 Å². The van der Waals surface area contributed by atoms with Crippen molar-refractivity contribution >= 4 is 22.5 Å². The van der Waals surface area contributed by atoms with E-state index < -0.39 is 0 Å². The van der Waals surface area contributed by atoms with Crippen LogP contribution in [-0.2, 0) is 4.79 Å². The number of ether oxygens (including phenoxy) is 2. The fourth-order valence-electron chi connectivity index (χ4n) is 5.23. The SMILES string of the molecule is COc1cc2c(-c3ccc(NC(C)=O)c(-n4cc(C(C)C)nn4)c3)ncnc2cc1OCC1CCN(C(C)C)CC1. The van der Waals surface area contributed by atoms with Crippen LogP contribution in [0.1, 0.15) is 59.1 Å². The molecule has 10 nitrogen and oxygen atoms in total. The number of nitrogens with one attached hydrogen (secondary N) is 1. The molecule has 1 fully saturated rings. The van der Waals surface area contributed by atoms with Crippen molar-refractivity contribution in [1.29, 1.82) is 0 Å². The lowest BCUT2D eigenvalue weighted by atomic mass is 9.97. The molecule has 4 aromatic rings. The molecule has 0 saturated carbocycles. The Balaban J connectivity index is 1.46. The number of piperidine rings is 1. The Hall–Kier alpha value is -4.05. The number of likely N-dealkylation sites (tertiary alicyclic amines) is 1. The van der Waals surface area contributed by atoms with E-state index >= 15 is 0 Å². The maximum absolute atomic E-state index is 11.9. The van der Waals surface area contributed by atoms with Crippen molar-refractivity contribution in [1.82, 2.24) is 29.9 Å². The van der Waals surface area contributed by atoms with Crippen molar-refractivity contribution in [3.8, 4) is 28.4 Å². The van der Waals surface area contributed by atoms with Crippen LogP contribution in [0, 0.1) is 5.92 Å². The number of methoxy groups -OCH3 is 1. The summed E-state index contributed by atoms with van der Waals surface area (Å²) in [5.74, 6) is 1.89. The average molecular weight is 558 g/mol. The molecule has 1 amide bonds. The molecule has 0 radical (unpaired) electrons. The second-order valence-corrected chi connectivity index (χ2v) is 11.3. The quantitative estimate of drug-likeness (QED) is 0.289. The third-order valence-corrected chi connectivity index (χ3v) is 7.71. The summed E-state index contributed by atoms with van der Waals surface area (Å²) in [7, 11) is 1.65. The molecule has 0 atom stereocenters. The maximum Gasteiger partial charge on any atom is 0.221 e. The Labute approximate surface area is 241 Å². The topological polar surface area (TPSA) is 107 Å². The number of carbonyl (C=O) groups excluding carboxylic acids is 1. The third-order valence-electron chi connectivity index (χ3n) is 7.71. The molecular weight excluding hydrogens is 518 g/mol. The van der Waals surface area contributed by atoms with Gasteiger partial charge in [0.05, 0.1) is 48.2 Å². The number of nitrogens with zero attached hydrogens (tertiary/aromatic N) is 6. The molecule has 0 aliphatic carbocycles. The maximum atomic E-state index is 11.9. The van der Waals surface area contributed by atoms with E-state index in [0.717, 1.165) is 53.8 Å². The van der Waals surface area contributed by atoms with E-state index in [4.69, 9.17) is 9.47 Å². The highest BCUT2D eigenvalue weighted by Gasteiger charge is 2.22. The first-order valence-electron chi connectivity index (χ1n) is 14.3. The number of carbonyl (C=O) groups is 1. The van der Waals surface area contributed by atoms with Gasteiger partial charge in [-0.2, -0.15) is 0 Å². The normalized spacial score (nSPS) is 14.6. The lowest BCUT2D eigenvalue weighted by molar-refractivity contribution is -0.114. The van der Waals surface area contributed by atoms with Gasteiger partial charge >= 0.3 is 0 Å². The second kappa shape index (κ2) is 12.2. The van der Waals surface area contributed by atoms with Crippen LogP contribution in [0.25, 0.3) is 27.8 Å². The summed E-state index contributed by atoms with van der Waals surface area (Å²) in [6.07, 6.45) is 5.69. The van der Waals surface area contributed by atoms with E-state index in [1.54, 1.807) is 18.1 Å². The molecule has 1 aliphatic heterocycles. The Morgan fingerprint density at radius 2 is 1.85 bits per heavy atom. The van der Waals surface area contributed by atoms with E-state index in [2.05, 4.69) is 58.2 Å². The zero-order valence-corrected chi connectivity index (χ0v) is 24.7. The zero-order valence-electron chi connectivity index (χ0n) is 24.7. The standard InChI is InChI=1S/C31H39N7O3/c1-19(2)27-16-38(36-35-27)28-13-23(7-8-25(28)34-21(5)39)31-24-14-29(40-6)30(15-26(24)32-18-33-31)41-17-22-9-11-37(12-10-22)20(3)4/h7-8,13-16,18-20,22H,9-12,17H2,1-6H3,(H,34,39). The minimum absolute atomic E-state index is 0.168. The summed E-state index contributed by atoms with van der Waals surface area (Å²) >= 11 is 0. The van der Waals surface area contributed by atoms with Crippen LogP contribution in [0.15, 0.2) is 42.9 Å². The van der Waals surface area contributed by atoms with Gasteiger partial charge in [-0.15, -0.1) is 5.10 Å². The number of amides is 1. The molecule has 216 valence electrons. The molecule has 41 heavy (non-hydrogen) atoms. The predicted molar refractivity (Wildman–Crippen MR) is 160 cm³/mol. The monoisotopic (exact) mass is 557 g/mol. The van der Waals surface area contributed by atoms with Crippen molar-refractivity contribution in [3.63, 3.8) is 0 Å². The van der Waals surface area contributed by atoms with Crippen molar-refractivity contribution in [3.05, 3.63) is 48.5 Å². The predicted octanol–water partition coefficient (Wildman–Crippen LogP) is 5.47. The van der Waals surface area contributed by atoms with Crippen LogP contribution in [0.5, 0.6) is 11.5 Å². The van der Waals surface area contributed by atoms with E-state index in [-0.39, 0.29) is 11.8 Å². The molecule has 10 heteroatoms. The zero-order chi connectivity index (χ0) is 29.1. The Bertz CT molecular complexity index is 1520. The van der Waals surface area contributed by atoms with Crippen LogP contribution in [0.3, 0.4) is 0 Å². The van der Waals surface area contributed by atoms with Crippen molar-refractivity contribution in [2.24, 2.45) is 5.92 Å². The van der Waals surface area contributed by atoms with Gasteiger partial charge in [0.2, 0.25) is 5.91 Å². The molecule has 3 heterocycles. The van der Waals surface area contributed by atoms with Crippen molar-refractivity contribution in [2.75, 3.05) is 32.1 Å². The highest BCUT2D eigenvalue weighted by atomic mass is 16.5. The average Bonchev–Trinajstić information content (AvgIpc) is 3.46. The van der Waals surface area contributed by atoms with Crippen molar-refractivity contribution in [2.45, 2.75) is 59.4 Å². The van der Waals surface area contributed by atoms with Crippen LogP contribution in [0.4, 0.5) is 5.69 Å². The molecule has 0 bridgehead atoms. The van der Waals surface area contributed by atoms with Crippen molar-refractivity contribution < 1.29 is 14.3 Å². The number of benzene rings is 2. The molecule has 0 spiro atoms. The number of anilines is 1. The lowest BCUT2D eigenvalue weighted by Gasteiger charge is -2.34. The molecule has 2 aromatic heterocycles. The van der Waals surface area contributed by atoms with Gasteiger partial charge < -0.3 is 19.7 Å². The highest BCUT2D eigenvalue weighted by molar-refractivity contribution is 5.96. The van der Waals surface area contributed by atoms with E-state index in [1.165, 1.54) is 6.92 Å². The summed E-state index contributed by atoms with van der Waals surface area (Å²) < 4.78 is 13.7. The van der Waals surface area contributed by atoms with Gasteiger partial charge in [-0.1, -0.05) is 25.1 Å². The van der Waals surface area contributed by atoms with Crippen LogP contribution in [-0.4, -0.2) is 68.6 Å². The number of hydrogen-bond donors (Lipinski definition) is 1. The summed E-state index contributed by atoms with van der Waals surface area (Å²) in [4.78, 5) is 23.6. The third kappa shape index (κ3) is 6.32. The van der Waals surface area contributed by atoms with Gasteiger partial charge in [-0.3, -0.25) is 4.79 Å². The number of fused-ring (bicyclic) bond motifs is 1. The summed E-state index contributed by atoms with van der Waals surface area (Å²) in [6, 6.07) is 10.2. The molecule has 1 saturated heterocycles. The van der Waals surface area contributed by atoms with E-state index in [1.807, 2.05) is 36.5 Å². The minimum Gasteiger partial charge on any atom is -0.493 e. The fourth-order valence-corrected chi connectivity index (χ4v) is 5.23. The van der Waals surface area contributed by atoms with Gasteiger partial charge in [0.15, 0.2) is 11.5 Å². The van der Waals surface area contributed by atoms with E-state index in [9.17, 15) is 4.79 Å². The molecule has 1 N–H and O–H groups in total. The minimum atomic E-state index is -0.168. The van der Waals surface area contributed by atoms with Crippen LogP contribution >= 0.6 is 0 Å². The van der Waals surface area contributed by atoms with Crippen LogP contribution in [0.2, 0.25) is 0 Å². The Morgan fingerprint density at radius 1 is 1.07 bits per heavy atom. The Morgan fingerprint density at radius 3 is 2.51 bits per heavy atom. The van der Waals surface area contributed by atoms with Gasteiger partial charge in [0, 0.05) is 30.0 Å². The molecule has 2 aromatic carbocycles. The number of rotatable bonds is 9. The molecular formula is C31H39N7O3. The molecule has 0 unspecified atom stereocenters. The van der Waals surface area contributed by atoms with Gasteiger partial charge in [0.1, 0.15) is 6.33 Å². The number of hydrogen-bond acceptors (Lipinski definition) is 8. The Kier molecular flexibility index (Phi) is 8.49. The van der Waals surface area contributed by atoms with Gasteiger partial charge in [-0.25, -0.2) is 14.6 Å². The summed E-state index contributed by atoms with van der Waals surface area (Å²) in [6.45, 7) is 13.0. The fraction of sp³-hybridized carbons (Fsp3) is 0.452. The first kappa shape index (κ1) is 28.5. The summed E-state index contributed by atoms with van der Waals surface area (Å²) in [5.41, 5.74) is 4.53. The molecule has 5 rings (SSSR count). The second-order valence-electron chi connectivity index (χ2n) is 11.3. The van der Waals surface area contributed by atoms with Crippen LogP contribution < -0.4 is 14.8 Å². The van der Waals surface area contributed by atoms with Gasteiger partial charge in [-0.05, 0) is 69.8 Å². The first-order valence-corrected chi connectivity index (χ1v) is 14.3. The first-order chi connectivity index (χ1) is 19.7. The molecule has 1 aliphatic rings. The lowest BCUT2D eigenvalue weighted by Crippen LogP contribution is -2.39. The highest BCUT2D eigenvalue weighted by Crippen LogP contribution is 2.37. The largest absolute Gasteiger partial charge is 0.493 e. The summed E-state index contributed by atoms with van der Waals surface area (Å²) in [5, 5.41) is 12.4. The van der Waals surface area contributed by atoms with Gasteiger partial charge in [0.25, 0.3) is 0 Å².